The molecule has 0 saturated heterocycles. The Morgan fingerprint density at radius 1 is 0.552 bits per heavy atom. The smallest absolute Gasteiger partial charge is 0.306 e. The Morgan fingerprint density at radius 3 is 1.53 bits per heavy atom. The van der Waals surface area contributed by atoms with Crippen molar-refractivity contribution in [1.29, 1.82) is 0 Å². The summed E-state index contributed by atoms with van der Waals surface area (Å²) in [5, 5.41) is 0. The van der Waals surface area contributed by atoms with E-state index in [1.807, 2.05) is 33.3 Å². The molecular formula is C48H82NO8P. The van der Waals surface area contributed by atoms with E-state index in [1.54, 1.807) is 0 Å². The fourth-order valence-corrected chi connectivity index (χ4v) is 6.17. The molecule has 0 fully saturated rings. The van der Waals surface area contributed by atoms with Crippen molar-refractivity contribution in [2.45, 2.75) is 161 Å². The monoisotopic (exact) mass is 832 g/mol. The summed E-state index contributed by atoms with van der Waals surface area (Å²) >= 11 is 0. The largest absolute Gasteiger partial charge is 0.756 e. The summed E-state index contributed by atoms with van der Waals surface area (Å²) in [6, 6.07) is 0. The number of ether oxygens (including phenoxy) is 2. The molecule has 0 heterocycles. The number of carbonyl (C=O) groups is 2. The first-order valence-electron chi connectivity index (χ1n) is 22.3. The number of phosphoric ester groups is 1. The van der Waals surface area contributed by atoms with Crippen LogP contribution in [0.25, 0.3) is 0 Å². The molecule has 0 spiro atoms. The highest BCUT2D eigenvalue weighted by Crippen LogP contribution is 2.38. The first kappa shape index (κ1) is 55.2. The SMILES string of the molecule is CC/C=C\C/C=C\C/C=C\C/C=C\C/C=C\C/C=C\CCC(=O)O[C@H](COC(=O)CCCCCCC/C=C\CCCCCCCC)COP(=O)([O-])OCC[N+](C)(C)C. The maximum absolute atomic E-state index is 12.6. The van der Waals surface area contributed by atoms with E-state index in [1.165, 1.54) is 44.9 Å². The summed E-state index contributed by atoms with van der Waals surface area (Å²) < 4.78 is 33.8. The van der Waals surface area contributed by atoms with Crippen LogP contribution in [0.2, 0.25) is 0 Å². The predicted octanol–water partition coefficient (Wildman–Crippen LogP) is 12.2. The van der Waals surface area contributed by atoms with Gasteiger partial charge in [-0.1, -0.05) is 150 Å². The Bertz CT molecular complexity index is 1260. The molecule has 0 aliphatic rings. The Kier molecular flexibility index (Phi) is 37.7. The number of carbonyl (C=O) groups excluding carboxylic acids is 2. The summed E-state index contributed by atoms with van der Waals surface area (Å²) in [7, 11) is 1.10. The molecule has 1 unspecified atom stereocenters. The lowest BCUT2D eigenvalue weighted by Crippen LogP contribution is -2.37. The van der Waals surface area contributed by atoms with Gasteiger partial charge in [0.15, 0.2) is 6.10 Å². The van der Waals surface area contributed by atoms with Crippen LogP contribution in [-0.2, 0) is 32.7 Å². The van der Waals surface area contributed by atoms with Crippen LogP contribution in [-0.4, -0.2) is 70.0 Å². The Balaban J connectivity index is 4.52. The van der Waals surface area contributed by atoms with Gasteiger partial charge in [-0.25, -0.2) is 0 Å². The lowest BCUT2D eigenvalue weighted by atomic mass is 10.1. The summed E-state index contributed by atoms with van der Waals surface area (Å²) in [5.41, 5.74) is 0. The third-order valence-corrected chi connectivity index (χ3v) is 9.88. The van der Waals surface area contributed by atoms with Gasteiger partial charge in [-0.3, -0.25) is 14.2 Å². The van der Waals surface area contributed by atoms with Gasteiger partial charge < -0.3 is 27.9 Å². The van der Waals surface area contributed by atoms with Crippen molar-refractivity contribution in [3.05, 3.63) is 85.1 Å². The lowest BCUT2D eigenvalue weighted by molar-refractivity contribution is -0.870. The minimum absolute atomic E-state index is 0.0500. The van der Waals surface area contributed by atoms with Gasteiger partial charge in [0.25, 0.3) is 7.82 Å². The van der Waals surface area contributed by atoms with E-state index < -0.39 is 32.5 Å². The van der Waals surface area contributed by atoms with Gasteiger partial charge >= 0.3 is 11.9 Å². The first-order valence-corrected chi connectivity index (χ1v) is 23.8. The number of allylic oxidation sites excluding steroid dienone is 14. The maximum Gasteiger partial charge on any atom is 0.306 e. The standard InChI is InChI=1S/C48H82NO8P/c1-6-8-10-12-14-16-18-20-22-23-24-25-27-29-31-33-35-37-39-41-48(51)57-46(45-56-58(52,53)55-43-42-49(3,4)5)44-54-47(50)40-38-36-34-32-30-28-26-21-19-17-15-13-11-9-7-2/h8,10,14,16,20-22,24-26,29,31,35,37,46H,6-7,9,11-13,15,17-19,23,27-28,30,32-34,36,38-45H2,1-5H3/b10-8-,16-14-,22-20-,25-24-,26-21-,31-29-,37-35-/t46-/m1/s1. The van der Waals surface area contributed by atoms with Crippen molar-refractivity contribution in [3.8, 4) is 0 Å². The minimum atomic E-state index is -4.65. The van der Waals surface area contributed by atoms with E-state index >= 15 is 0 Å². The minimum Gasteiger partial charge on any atom is -0.756 e. The van der Waals surface area contributed by atoms with Gasteiger partial charge in [-0.15, -0.1) is 0 Å². The number of rotatable bonds is 39. The summed E-state index contributed by atoms with van der Waals surface area (Å²) in [6.45, 7) is 3.99. The van der Waals surface area contributed by atoms with Gasteiger partial charge in [0, 0.05) is 12.8 Å². The zero-order valence-electron chi connectivity index (χ0n) is 37.2. The zero-order valence-corrected chi connectivity index (χ0v) is 38.1. The highest BCUT2D eigenvalue weighted by molar-refractivity contribution is 7.45. The third-order valence-electron chi connectivity index (χ3n) is 8.91. The van der Waals surface area contributed by atoms with E-state index in [4.69, 9.17) is 18.5 Å². The number of likely N-dealkylation sites (N-methyl/N-ethyl adjacent to an activating group) is 1. The molecule has 2 atom stereocenters. The quantitative estimate of drug-likeness (QED) is 0.0198. The highest BCUT2D eigenvalue weighted by atomic mass is 31.2. The molecule has 0 bridgehead atoms. The van der Waals surface area contributed by atoms with Crippen LogP contribution in [0.4, 0.5) is 0 Å². The molecule has 0 N–H and O–H groups in total. The number of esters is 2. The average Bonchev–Trinajstić information content (AvgIpc) is 3.17. The van der Waals surface area contributed by atoms with E-state index in [0.717, 1.165) is 70.6 Å². The second kappa shape index (κ2) is 39.6. The van der Waals surface area contributed by atoms with Crippen LogP contribution >= 0.6 is 7.82 Å². The zero-order chi connectivity index (χ0) is 42.8. The van der Waals surface area contributed by atoms with Crippen molar-refractivity contribution in [1.82, 2.24) is 0 Å². The summed E-state index contributed by atoms with van der Waals surface area (Å²) in [6.07, 6.45) is 50.5. The molecule has 0 amide bonds. The van der Waals surface area contributed by atoms with Crippen LogP contribution in [0.15, 0.2) is 85.1 Å². The fraction of sp³-hybridized carbons (Fsp3) is 0.667. The summed E-state index contributed by atoms with van der Waals surface area (Å²) in [4.78, 5) is 37.5. The van der Waals surface area contributed by atoms with Gasteiger partial charge in [-0.2, -0.15) is 0 Å². The molecule has 9 nitrogen and oxygen atoms in total. The Hall–Kier alpha value is -2.81. The molecule has 0 rings (SSSR count). The molecule has 0 aromatic carbocycles. The number of unbranched alkanes of at least 4 members (excludes halogenated alkanes) is 11. The van der Waals surface area contributed by atoms with Gasteiger partial charge in [0.05, 0.1) is 27.7 Å². The predicted molar refractivity (Wildman–Crippen MR) is 240 cm³/mol. The van der Waals surface area contributed by atoms with Crippen LogP contribution in [0.1, 0.15) is 155 Å². The molecule has 0 aliphatic heterocycles. The molecular weight excluding hydrogens is 750 g/mol. The molecule has 0 aliphatic carbocycles. The number of nitrogens with zero attached hydrogens (tertiary/aromatic N) is 1. The molecule has 0 saturated carbocycles. The molecule has 58 heavy (non-hydrogen) atoms. The number of quaternary nitrogens is 1. The van der Waals surface area contributed by atoms with Crippen LogP contribution in [0.5, 0.6) is 0 Å². The Morgan fingerprint density at radius 2 is 1.02 bits per heavy atom. The molecule has 0 radical (unpaired) electrons. The van der Waals surface area contributed by atoms with Crippen molar-refractivity contribution in [2.75, 3.05) is 47.5 Å². The number of hydrogen-bond donors (Lipinski definition) is 0. The topological polar surface area (TPSA) is 111 Å². The second-order valence-corrected chi connectivity index (χ2v) is 17.1. The van der Waals surface area contributed by atoms with Crippen molar-refractivity contribution >= 4 is 19.8 Å². The van der Waals surface area contributed by atoms with E-state index in [0.29, 0.717) is 23.9 Å². The summed E-state index contributed by atoms with van der Waals surface area (Å²) in [5.74, 6) is -0.950. The molecule has 0 aromatic heterocycles. The maximum atomic E-state index is 12.6. The van der Waals surface area contributed by atoms with Crippen molar-refractivity contribution < 1.29 is 42.1 Å². The molecule has 0 aromatic rings. The van der Waals surface area contributed by atoms with Crippen LogP contribution in [0, 0.1) is 0 Å². The van der Waals surface area contributed by atoms with Crippen LogP contribution < -0.4 is 4.89 Å². The molecule has 332 valence electrons. The number of phosphoric acid groups is 1. The molecule has 10 heteroatoms. The van der Waals surface area contributed by atoms with Gasteiger partial charge in [-0.05, 0) is 77.0 Å². The van der Waals surface area contributed by atoms with Gasteiger partial charge in [0.2, 0.25) is 0 Å². The normalized spacial score (nSPS) is 14.4. The van der Waals surface area contributed by atoms with E-state index in [-0.39, 0.29) is 26.1 Å². The lowest BCUT2D eigenvalue weighted by Gasteiger charge is -2.28. The highest BCUT2D eigenvalue weighted by Gasteiger charge is 2.21. The van der Waals surface area contributed by atoms with Crippen molar-refractivity contribution in [3.63, 3.8) is 0 Å². The van der Waals surface area contributed by atoms with E-state index in [9.17, 15) is 19.0 Å². The third kappa shape index (κ3) is 42.8. The first-order chi connectivity index (χ1) is 28.0. The fourth-order valence-electron chi connectivity index (χ4n) is 5.44. The van der Waals surface area contributed by atoms with Crippen molar-refractivity contribution in [2.24, 2.45) is 0 Å². The van der Waals surface area contributed by atoms with E-state index in [2.05, 4.69) is 86.8 Å². The average molecular weight is 832 g/mol. The van der Waals surface area contributed by atoms with Gasteiger partial charge in [0.1, 0.15) is 19.8 Å². The van der Waals surface area contributed by atoms with Crippen LogP contribution in [0.3, 0.4) is 0 Å². The number of hydrogen-bond acceptors (Lipinski definition) is 8. The Labute approximate surface area is 354 Å². The second-order valence-electron chi connectivity index (χ2n) is 15.7.